The van der Waals surface area contributed by atoms with Gasteiger partial charge in [0.25, 0.3) is 0 Å². The van der Waals surface area contributed by atoms with Crippen LogP contribution in [0.15, 0.2) is 0 Å². The largest absolute Gasteiger partial charge is 0.381 e. The zero-order valence-corrected chi connectivity index (χ0v) is 11.4. The van der Waals surface area contributed by atoms with Crippen molar-refractivity contribution in [2.24, 2.45) is 0 Å². The van der Waals surface area contributed by atoms with Crippen LogP contribution in [0.2, 0.25) is 0 Å². The van der Waals surface area contributed by atoms with Crippen molar-refractivity contribution in [2.45, 2.75) is 70.0 Å². The molecule has 2 N–H and O–H groups in total. The standard InChI is InChI=1S/C14H26N2O2/c1-11(15-13-7-9-18-10-8-13)14(17)16-12-5-3-2-4-6-12/h11-13,15H,2-10H2,1H3,(H,16,17). The minimum atomic E-state index is -0.0879. The maximum atomic E-state index is 12.1. The molecule has 0 bridgehead atoms. The third-order valence-corrected chi connectivity index (χ3v) is 4.05. The van der Waals surface area contributed by atoms with Crippen molar-refractivity contribution in [2.75, 3.05) is 13.2 Å². The summed E-state index contributed by atoms with van der Waals surface area (Å²) in [4.78, 5) is 12.1. The van der Waals surface area contributed by atoms with E-state index < -0.39 is 0 Å². The first-order chi connectivity index (χ1) is 8.75. The molecule has 0 radical (unpaired) electrons. The summed E-state index contributed by atoms with van der Waals surface area (Å²) in [5, 5.41) is 6.59. The summed E-state index contributed by atoms with van der Waals surface area (Å²) in [5.41, 5.74) is 0. The molecule has 1 heterocycles. The second-order valence-electron chi connectivity index (χ2n) is 5.62. The molecule has 0 aromatic carbocycles. The van der Waals surface area contributed by atoms with Crippen molar-refractivity contribution in [3.8, 4) is 0 Å². The smallest absolute Gasteiger partial charge is 0.237 e. The van der Waals surface area contributed by atoms with Crippen molar-refractivity contribution in [3.05, 3.63) is 0 Å². The Morgan fingerprint density at radius 1 is 1.06 bits per heavy atom. The summed E-state index contributed by atoms with van der Waals surface area (Å²) in [6.07, 6.45) is 8.16. The first-order valence-electron chi connectivity index (χ1n) is 7.40. The summed E-state index contributed by atoms with van der Waals surface area (Å²) in [6.45, 7) is 3.59. The maximum Gasteiger partial charge on any atom is 0.237 e. The van der Waals surface area contributed by atoms with Crippen LogP contribution < -0.4 is 10.6 Å². The van der Waals surface area contributed by atoms with Gasteiger partial charge in [0.15, 0.2) is 0 Å². The van der Waals surface area contributed by atoms with E-state index >= 15 is 0 Å². The molecular weight excluding hydrogens is 228 g/mol. The Morgan fingerprint density at radius 2 is 1.72 bits per heavy atom. The first kappa shape index (κ1) is 13.8. The third kappa shape index (κ3) is 4.25. The lowest BCUT2D eigenvalue weighted by Crippen LogP contribution is -2.50. The average molecular weight is 254 g/mol. The molecule has 1 amide bonds. The monoisotopic (exact) mass is 254 g/mol. The van der Waals surface area contributed by atoms with E-state index in [2.05, 4.69) is 10.6 Å². The number of ether oxygens (including phenoxy) is 1. The second-order valence-corrected chi connectivity index (χ2v) is 5.62. The van der Waals surface area contributed by atoms with Crippen molar-refractivity contribution < 1.29 is 9.53 Å². The molecule has 0 aromatic rings. The van der Waals surface area contributed by atoms with Gasteiger partial charge in [-0.2, -0.15) is 0 Å². The molecule has 18 heavy (non-hydrogen) atoms. The summed E-state index contributed by atoms with van der Waals surface area (Å²) < 4.78 is 5.32. The first-order valence-corrected chi connectivity index (χ1v) is 7.40. The highest BCUT2D eigenvalue weighted by Crippen LogP contribution is 2.17. The predicted molar refractivity (Wildman–Crippen MR) is 71.5 cm³/mol. The average Bonchev–Trinajstić information content (AvgIpc) is 2.41. The highest BCUT2D eigenvalue weighted by atomic mass is 16.5. The molecule has 2 rings (SSSR count). The maximum absolute atomic E-state index is 12.1. The van der Waals surface area contributed by atoms with E-state index in [1.165, 1.54) is 19.3 Å². The fourth-order valence-corrected chi connectivity index (χ4v) is 2.87. The molecule has 0 aromatic heterocycles. The van der Waals surface area contributed by atoms with E-state index in [-0.39, 0.29) is 11.9 Å². The van der Waals surface area contributed by atoms with E-state index in [1.807, 2.05) is 6.92 Å². The summed E-state index contributed by atoms with van der Waals surface area (Å²) in [5.74, 6) is 0.161. The Morgan fingerprint density at radius 3 is 2.39 bits per heavy atom. The molecule has 2 aliphatic rings. The van der Waals surface area contributed by atoms with Gasteiger partial charge in [0.05, 0.1) is 6.04 Å². The lowest BCUT2D eigenvalue weighted by molar-refractivity contribution is -0.124. The van der Waals surface area contributed by atoms with Crippen LogP contribution in [-0.2, 0) is 9.53 Å². The lowest BCUT2D eigenvalue weighted by Gasteiger charge is -2.28. The van der Waals surface area contributed by atoms with Gasteiger partial charge in [-0.25, -0.2) is 0 Å². The van der Waals surface area contributed by atoms with Crippen LogP contribution in [0.4, 0.5) is 0 Å². The van der Waals surface area contributed by atoms with E-state index in [9.17, 15) is 4.79 Å². The molecule has 1 atom stereocenters. The van der Waals surface area contributed by atoms with Gasteiger partial charge in [0, 0.05) is 25.3 Å². The van der Waals surface area contributed by atoms with E-state index in [1.54, 1.807) is 0 Å². The summed E-state index contributed by atoms with van der Waals surface area (Å²) in [7, 11) is 0. The lowest BCUT2D eigenvalue weighted by atomic mass is 9.95. The van der Waals surface area contributed by atoms with Gasteiger partial charge in [0.1, 0.15) is 0 Å². The SMILES string of the molecule is CC(NC1CCOCC1)C(=O)NC1CCCCC1. The summed E-state index contributed by atoms with van der Waals surface area (Å²) >= 11 is 0. The molecule has 104 valence electrons. The van der Waals surface area contributed by atoms with Gasteiger partial charge >= 0.3 is 0 Å². The van der Waals surface area contributed by atoms with Gasteiger partial charge in [-0.15, -0.1) is 0 Å². The second kappa shape index (κ2) is 7.10. The fourth-order valence-electron chi connectivity index (χ4n) is 2.87. The van der Waals surface area contributed by atoms with Gasteiger partial charge in [-0.3, -0.25) is 4.79 Å². The predicted octanol–water partition coefficient (Wildman–Crippen LogP) is 1.59. The summed E-state index contributed by atoms with van der Waals surface area (Å²) in [6, 6.07) is 0.756. The molecule has 1 aliphatic carbocycles. The topological polar surface area (TPSA) is 50.4 Å². The fraction of sp³-hybridized carbons (Fsp3) is 0.929. The third-order valence-electron chi connectivity index (χ3n) is 4.05. The highest BCUT2D eigenvalue weighted by molar-refractivity contribution is 5.81. The molecule has 4 nitrogen and oxygen atoms in total. The van der Waals surface area contributed by atoms with E-state index in [0.717, 1.165) is 38.9 Å². The number of nitrogens with one attached hydrogen (secondary N) is 2. The van der Waals surface area contributed by atoms with Crippen molar-refractivity contribution in [1.82, 2.24) is 10.6 Å². The van der Waals surface area contributed by atoms with Gasteiger partial charge in [0.2, 0.25) is 5.91 Å². The van der Waals surface area contributed by atoms with Crippen LogP contribution in [-0.4, -0.2) is 37.2 Å². The quantitative estimate of drug-likeness (QED) is 0.801. The van der Waals surface area contributed by atoms with Crippen LogP contribution >= 0.6 is 0 Å². The molecule has 2 fully saturated rings. The zero-order valence-electron chi connectivity index (χ0n) is 11.4. The Labute approximate surface area is 110 Å². The van der Waals surface area contributed by atoms with Crippen molar-refractivity contribution >= 4 is 5.91 Å². The molecular formula is C14H26N2O2. The Bertz CT molecular complexity index is 259. The minimum absolute atomic E-state index is 0.0879. The van der Waals surface area contributed by atoms with Crippen LogP contribution in [0.5, 0.6) is 0 Å². The van der Waals surface area contributed by atoms with E-state index in [0.29, 0.717) is 12.1 Å². The molecule has 0 spiro atoms. The van der Waals surface area contributed by atoms with Gasteiger partial charge in [-0.05, 0) is 32.6 Å². The van der Waals surface area contributed by atoms with Crippen LogP contribution in [0.3, 0.4) is 0 Å². The number of hydrogen-bond acceptors (Lipinski definition) is 3. The minimum Gasteiger partial charge on any atom is -0.381 e. The number of carbonyl (C=O) groups is 1. The Hall–Kier alpha value is -0.610. The number of carbonyl (C=O) groups excluding carboxylic acids is 1. The van der Waals surface area contributed by atoms with E-state index in [4.69, 9.17) is 4.74 Å². The Kier molecular flexibility index (Phi) is 5.45. The Balaban J connectivity index is 1.69. The van der Waals surface area contributed by atoms with Crippen molar-refractivity contribution in [3.63, 3.8) is 0 Å². The zero-order chi connectivity index (χ0) is 12.8. The number of amides is 1. The molecule has 1 saturated carbocycles. The normalized spacial score (nSPS) is 24.7. The molecule has 1 aliphatic heterocycles. The van der Waals surface area contributed by atoms with Crippen LogP contribution in [0.25, 0.3) is 0 Å². The van der Waals surface area contributed by atoms with Crippen molar-refractivity contribution in [1.29, 1.82) is 0 Å². The molecule has 1 saturated heterocycles. The van der Waals surface area contributed by atoms with Gasteiger partial charge in [-0.1, -0.05) is 19.3 Å². The molecule has 4 heteroatoms. The van der Waals surface area contributed by atoms with Gasteiger partial charge < -0.3 is 15.4 Å². The highest BCUT2D eigenvalue weighted by Gasteiger charge is 2.22. The number of rotatable bonds is 4. The van der Waals surface area contributed by atoms with Crippen LogP contribution in [0, 0.1) is 0 Å². The number of hydrogen-bond donors (Lipinski definition) is 2. The van der Waals surface area contributed by atoms with Crippen LogP contribution in [0.1, 0.15) is 51.9 Å². The molecule has 1 unspecified atom stereocenters.